The monoisotopic (exact) mass is 334 g/mol. The molecule has 0 heterocycles. The number of hydrogen-bond acceptors (Lipinski definition) is 3. The van der Waals surface area contributed by atoms with E-state index in [1.807, 2.05) is 53.7 Å². The van der Waals surface area contributed by atoms with Crippen LogP contribution in [-0.4, -0.2) is 42.2 Å². The Hall–Kier alpha value is -2.24. The number of anilines is 1. The normalized spacial score (nSPS) is 12.0. The molecule has 0 bridgehead atoms. The van der Waals surface area contributed by atoms with Crippen LogP contribution in [0.15, 0.2) is 23.2 Å². The molecule has 0 aliphatic carbocycles. The van der Waals surface area contributed by atoms with Crippen molar-refractivity contribution in [3.05, 3.63) is 29.3 Å². The molecule has 0 radical (unpaired) electrons. The number of ether oxygens (including phenoxy) is 1. The minimum atomic E-state index is -0.503. The number of aryl methyl sites for hydroxylation is 2. The number of benzene rings is 1. The van der Waals surface area contributed by atoms with Gasteiger partial charge in [0.25, 0.3) is 0 Å². The third-order valence-electron chi connectivity index (χ3n) is 3.18. The summed E-state index contributed by atoms with van der Waals surface area (Å²) >= 11 is 0. The Morgan fingerprint density at radius 3 is 2.33 bits per heavy atom. The van der Waals surface area contributed by atoms with E-state index in [-0.39, 0.29) is 6.09 Å². The van der Waals surface area contributed by atoms with Gasteiger partial charge in [0.05, 0.1) is 6.54 Å². The number of hydrogen-bond donors (Lipinski definition) is 2. The molecule has 3 N–H and O–H groups in total. The fraction of sp³-hybridized carbons (Fsp3) is 0.556. The lowest BCUT2D eigenvalue weighted by atomic mass is 10.1. The van der Waals surface area contributed by atoms with E-state index in [0.29, 0.717) is 25.6 Å². The molecule has 0 saturated carbocycles. The van der Waals surface area contributed by atoms with Crippen LogP contribution in [0.2, 0.25) is 0 Å². The third-order valence-corrected chi connectivity index (χ3v) is 3.18. The first kappa shape index (κ1) is 19.8. The highest BCUT2D eigenvalue weighted by atomic mass is 16.6. The summed E-state index contributed by atoms with van der Waals surface area (Å²) in [6, 6.07) is 6.11. The van der Waals surface area contributed by atoms with Crippen LogP contribution < -0.4 is 11.1 Å². The van der Waals surface area contributed by atoms with Crippen molar-refractivity contribution in [1.29, 1.82) is 0 Å². The molecule has 1 rings (SSSR count). The summed E-state index contributed by atoms with van der Waals surface area (Å²) < 4.78 is 5.36. The number of amides is 1. The maximum atomic E-state index is 12.0. The summed E-state index contributed by atoms with van der Waals surface area (Å²) in [6.45, 7) is 13.0. The summed E-state index contributed by atoms with van der Waals surface area (Å²) in [5, 5.41) is 3.08. The van der Waals surface area contributed by atoms with Crippen LogP contribution in [0.25, 0.3) is 0 Å². The van der Waals surface area contributed by atoms with Crippen molar-refractivity contribution in [3.8, 4) is 0 Å². The number of carbonyl (C=O) groups is 1. The summed E-state index contributed by atoms with van der Waals surface area (Å²) in [7, 11) is 0. The molecule has 0 atom stereocenters. The number of nitrogens with one attached hydrogen (secondary N) is 1. The predicted molar refractivity (Wildman–Crippen MR) is 99.5 cm³/mol. The second-order valence-electron chi connectivity index (χ2n) is 6.83. The van der Waals surface area contributed by atoms with E-state index in [1.165, 1.54) is 0 Å². The Morgan fingerprint density at radius 1 is 1.25 bits per heavy atom. The van der Waals surface area contributed by atoms with E-state index in [0.717, 1.165) is 16.8 Å². The largest absolute Gasteiger partial charge is 0.444 e. The van der Waals surface area contributed by atoms with Crippen molar-refractivity contribution in [2.24, 2.45) is 10.7 Å². The van der Waals surface area contributed by atoms with E-state index < -0.39 is 5.60 Å². The molecular formula is C18H30N4O2. The predicted octanol–water partition coefficient (Wildman–Crippen LogP) is 3.29. The first-order valence-corrected chi connectivity index (χ1v) is 8.24. The SMILES string of the molecule is CCN(CCN=C(N)Nc1cc(C)cc(C)c1)C(=O)OC(C)(C)C. The van der Waals surface area contributed by atoms with Gasteiger partial charge in [0.15, 0.2) is 5.96 Å². The molecule has 0 saturated heterocycles. The molecule has 1 amide bonds. The molecule has 0 unspecified atom stereocenters. The maximum absolute atomic E-state index is 12.0. The number of rotatable bonds is 5. The highest BCUT2D eigenvalue weighted by molar-refractivity contribution is 5.92. The van der Waals surface area contributed by atoms with Crippen LogP contribution in [0, 0.1) is 13.8 Å². The molecule has 1 aromatic carbocycles. The van der Waals surface area contributed by atoms with E-state index in [1.54, 1.807) is 4.90 Å². The topological polar surface area (TPSA) is 80.0 Å². The summed E-state index contributed by atoms with van der Waals surface area (Å²) in [4.78, 5) is 17.9. The van der Waals surface area contributed by atoms with Gasteiger partial charge in [-0.2, -0.15) is 0 Å². The molecule has 0 aliphatic rings. The number of nitrogens with zero attached hydrogens (tertiary/aromatic N) is 2. The Kier molecular flexibility index (Phi) is 7.07. The van der Waals surface area contributed by atoms with E-state index >= 15 is 0 Å². The van der Waals surface area contributed by atoms with Crippen LogP contribution >= 0.6 is 0 Å². The Morgan fingerprint density at radius 2 is 1.83 bits per heavy atom. The molecule has 134 valence electrons. The lowest BCUT2D eigenvalue weighted by Gasteiger charge is -2.26. The van der Waals surface area contributed by atoms with Crippen LogP contribution in [-0.2, 0) is 4.74 Å². The van der Waals surface area contributed by atoms with Crippen molar-refractivity contribution in [2.75, 3.05) is 25.0 Å². The zero-order valence-electron chi connectivity index (χ0n) is 15.6. The van der Waals surface area contributed by atoms with Gasteiger partial charge in [-0.05, 0) is 64.8 Å². The van der Waals surface area contributed by atoms with E-state index in [9.17, 15) is 4.79 Å². The molecular weight excluding hydrogens is 304 g/mol. The van der Waals surface area contributed by atoms with Gasteiger partial charge in [-0.1, -0.05) is 6.07 Å². The first-order valence-electron chi connectivity index (χ1n) is 8.24. The van der Waals surface area contributed by atoms with Crippen LogP contribution in [0.5, 0.6) is 0 Å². The Labute approximate surface area is 145 Å². The highest BCUT2D eigenvalue weighted by Crippen LogP contribution is 2.13. The Balaban J connectivity index is 2.56. The minimum Gasteiger partial charge on any atom is -0.444 e. The molecule has 0 aromatic heterocycles. The van der Waals surface area contributed by atoms with Gasteiger partial charge in [0, 0.05) is 18.8 Å². The van der Waals surface area contributed by atoms with Gasteiger partial charge >= 0.3 is 6.09 Å². The average molecular weight is 334 g/mol. The summed E-state index contributed by atoms with van der Waals surface area (Å²) in [6.07, 6.45) is -0.332. The molecule has 6 nitrogen and oxygen atoms in total. The van der Waals surface area contributed by atoms with Gasteiger partial charge in [-0.3, -0.25) is 4.99 Å². The van der Waals surface area contributed by atoms with Gasteiger partial charge < -0.3 is 20.7 Å². The van der Waals surface area contributed by atoms with Crippen LogP contribution in [0.3, 0.4) is 0 Å². The van der Waals surface area contributed by atoms with Gasteiger partial charge in [-0.15, -0.1) is 0 Å². The van der Waals surface area contributed by atoms with Crippen molar-refractivity contribution in [1.82, 2.24) is 4.90 Å². The van der Waals surface area contributed by atoms with Crippen molar-refractivity contribution in [3.63, 3.8) is 0 Å². The third kappa shape index (κ3) is 7.35. The molecule has 0 spiro atoms. The standard InChI is InChI=1S/C18H30N4O2/c1-7-22(17(23)24-18(4,5)6)9-8-20-16(19)21-15-11-13(2)10-14(3)12-15/h10-12H,7-9H2,1-6H3,(H3,19,20,21). The van der Waals surface area contributed by atoms with Crippen molar-refractivity contribution < 1.29 is 9.53 Å². The number of aliphatic imine (C=N–C) groups is 1. The summed E-state index contributed by atoms with van der Waals surface area (Å²) in [5.41, 5.74) is 8.64. The number of likely N-dealkylation sites (N-methyl/N-ethyl adjacent to an activating group) is 1. The zero-order valence-corrected chi connectivity index (χ0v) is 15.6. The number of nitrogens with two attached hydrogens (primary N) is 1. The summed E-state index contributed by atoms with van der Waals surface area (Å²) in [5.74, 6) is 0.334. The quantitative estimate of drug-likeness (QED) is 0.639. The zero-order chi connectivity index (χ0) is 18.3. The van der Waals surface area contributed by atoms with Gasteiger partial charge in [0.1, 0.15) is 5.60 Å². The fourth-order valence-corrected chi connectivity index (χ4v) is 2.23. The van der Waals surface area contributed by atoms with Crippen molar-refractivity contribution >= 4 is 17.7 Å². The van der Waals surface area contributed by atoms with E-state index in [2.05, 4.69) is 16.4 Å². The molecule has 0 aliphatic heterocycles. The second-order valence-corrected chi connectivity index (χ2v) is 6.83. The minimum absolute atomic E-state index is 0.332. The van der Waals surface area contributed by atoms with Crippen molar-refractivity contribution in [2.45, 2.75) is 47.1 Å². The molecule has 6 heteroatoms. The van der Waals surface area contributed by atoms with Gasteiger partial charge in [-0.25, -0.2) is 4.79 Å². The molecule has 1 aromatic rings. The van der Waals surface area contributed by atoms with Crippen LogP contribution in [0.1, 0.15) is 38.8 Å². The Bertz CT molecular complexity index is 571. The number of guanidine groups is 1. The molecule has 24 heavy (non-hydrogen) atoms. The first-order chi connectivity index (χ1) is 11.1. The average Bonchev–Trinajstić information content (AvgIpc) is 2.40. The fourth-order valence-electron chi connectivity index (χ4n) is 2.23. The highest BCUT2D eigenvalue weighted by Gasteiger charge is 2.20. The smallest absolute Gasteiger partial charge is 0.410 e. The van der Waals surface area contributed by atoms with Crippen LogP contribution in [0.4, 0.5) is 10.5 Å². The van der Waals surface area contributed by atoms with Gasteiger partial charge in [0.2, 0.25) is 0 Å². The maximum Gasteiger partial charge on any atom is 0.410 e. The molecule has 0 fully saturated rings. The lowest BCUT2D eigenvalue weighted by molar-refractivity contribution is 0.0266. The van der Waals surface area contributed by atoms with E-state index in [4.69, 9.17) is 10.5 Å². The lowest BCUT2D eigenvalue weighted by Crippen LogP contribution is -2.38. The second kappa shape index (κ2) is 8.57. The number of carbonyl (C=O) groups excluding carboxylic acids is 1.